The number of carbonyl (C=O) groups is 1. The van der Waals surface area contributed by atoms with E-state index in [0.29, 0.717) is 33.9 Å². The van der Waals surface area contributed by atoms with Crippen molar-refractivity contribution in [1.29, 1.82) is 0 Å². The molecule has 0 radical (unpaired) electrons. The van der Waals surface area contributed by atoms with Crippen LogP contribution in [0.15, 0.2) is 57.9 Å². The number of carbonyl (C=O) groups excluding carboxylic acids is 1. The van der Waals surface area contributed by atoms with E-state index < -0.39 is 0 Å². The van der Waals surface area contributed by atoms with Gasteiger partial charge in [0.2, 0.25) is 0 Å². The number of hydrazone groups is 1. The lowest BCUT2D eigenvalue weighted by Gasteiger charge is -2.13. The molecule has 7 heteroatoms. The van der Waals surface area contributed by atoms with Crippen molar-refractivity contribution in [2.75, 3.05) is 5.01 Å². The van der Waals surface area contributed by atoms with Crippen LogP contribution in [-0.4, -0.2) is 21.4 Å². The molecular weight excluding hydrogens is 383 g/mol. The number of benzene rings is 2. The Balaban J connectivity index is 1.73. The number of rotatable bonds is 3. The van der Waals surface area contributed by atoms with Crippen molar-refractivity contribution >= 4 is 23.4 Å². The molecule has 1 amide bonds. The number of aromatic amines is 1. The Morgan fingerprint density at radius 2 is 1.60 bits per heavy atom. The van der Waals surface area contributed by atoms with Gasteiger partial charge in [0.25, 0.3) is 11.5 Å². The van der Waals surface area contributed by atoms with Crippen LogP contribution in [0.3, 0.4) is 0 Å². The summed E-state index contributed by atoms with van der Waals surface area (Å²) in [6, 6.07) is 11.3. The largest absolute Gasteiger partial charge is 0.295 e. The lowest BCUT2D eigenvalue weighted by molar-refractivity contribution is -0.114. The van der Waals surface area contributed by atoms with Gasteiger partial charge in [0, 0.05) is 5.69 Å². The maximum Gasteiger partial charge on any atom is 0.280 e. The molecule has 1 aliphatic rings. The zero-order valence-corrected chi connectivity index (χ0v) is 17.2. The first kappa shape index (κ1) is 19.6. The molecule has 1 aromatic heterocycles. The van der Waals surface area contributed by atoms with Crippen LogP contribution in [0, 0.1) is 26.6 Å². The molecule has 0 unspecified atom stereocenters. The minimum atomic E-state index is -0.382. The van der Waals surface area contributed by atoms with Crippen molar-refractivity contribution in [1.82, 2.24) is 9.78 Å². The van der Waals surface area contributed by atoms with Crippen LogP contribution in [0.1, 0.15) is 29.3 Å². The van der Waals surface area contributed by atoms with Crippen molar-refractivity contribution in [2.45, 2.75) is 27.7 Å². The van der Waals surface area contributed by atoms with Gasteiger partial charge in [-0.25, -0.2) is 9.07 Å². The molecule has 1 aliphatic heterocycles. The molecule has 2 aromatic carbocycles. The summed E-state index contributed by atoms with van der Waals surface area (Å²) >= 11 is 0. The summed E-state index contributed by atoms with van der Waals surface area (Å²) in [5.74, 6) is -0.670. The lowest BCUT2D eigenvalue weighted by Crippen LogP contribution is -2.22. The van der Waals surface area contributed by atoms with Gasteiger partial charge in [0.1, 0.15) is 5.82 Å². The van der Waals surface area contributed by atoms with E-state index in [4.69, 9.17) is 0 Å². The fourth-order valence-electron chi connectivity index (χ4n) is 3.36. The maximum atomic E-state index is 13.2. The Morgan fingerprint density at radius 3 is 2.27 bits per heavy atom. The quantitative estimate of drug-likeness (QED) is 0.670. The molecule has 0 spiro atoms. The lowest BCUT2D eigenvalue weighted by atomic mass is 10.1. The van der Waals surface area contributed by atoms with Gasteiger partial charge in [-0.3, -0.25) is 14.7 Å². The van der Waals surface area contributed by atoms with Gasteiger partial charge in [-0.15, -0.1) is 0 Å². The van der Waals surface area contributed by atoms with Crippen molar-refractivity contribution < 1.29 is 9.18 Å². The number of aromatic nitrogens is 2. The molecule has 4 rings (SSSR count). The summed E-state index contributed by atoms with van der Waals surface area (Å²) in [5, 5.41) is 8.73. The number of nitrogens with zero attached hydrogens (tertiary/aromatic N) is 3. The number of anilines is 1. The van der Waals surface area contributed by atoms with Crippen molar-refractivity contribution in [3.05, 3.63) is 86.6 Å². The van der Waals surface area contributed by atoms with Crippen molar-refractivity contribution in [2.24, 2.45) is 5.10 Å². The summed E-state index contributed by atoms with van der Waals surface area (Å²) in [7, 11) is 0. The van der Waals surface area contributed by atoms with E-state index in [1.807, 2.05) is 32.0 Å². The van der Waals surface area contributed by atoms with E-state index in [-0.39, 0.29) is 17.3 Å². The fraction of sp³-hybridized carbons (Fsp3) is 0.174. The summed E-state index contributed by atoms with van der Waals surface area (Å²) in [5.41, 5.74) is 4.91. The Kier molecular flexibility index (Phi) is 4.73. The number of amides is 1. The van der Waals surface area contributed by atoms with Crippen molar-refractivity contribution in [3.8, 4) is 5.69 Å². The fourth-order valence-corrected chi connectivity index (χ4v) is 3.36. The Labute approximate surface area is 172 Å². The first-order chi connectivity index (χ1) is 14.3. The van der Waals surface area contributed by atoms with E-state index in [9.17, 15) is 14.0 Å². The van der Waals surface area contributed by atoms with Gasteiger partial charge < -0.3 is 0 Å². The molecule has 152 valence electrons. The van der Waals surface area contributed by atoms with Gasteiger partial charge in [-0.2, -0.15) is 10.1 Å². The predicted octanol–water partition coefficient (Wildman–Crippen LogP) is 4.04. The van der Waals surface area contributed by atoms with Gasteiger partial charge in [0.05, 0.1) is 28.2 Å². The van der Waals surface area contributed by atoms with Gasteiger partial charge >= 0.3 is 0 Å². The van der Waals surface area contributed by atoms with E-state index in [1.165, 1.54) is 34.0 Å². The summed E-state index contributed by atoms with van der Waals surface area (Å²) in [6.45, 7) is 7.48. The van der Waals surface area contributed by atoms with Gasteiger partial charge in [-0.05, 0) is 81.3 Å². The second-order valence-corrected chi connectivity index (χ2v) is 7.40. The van der Waals surface area contributed by atoms with Crippen LogP contribution >= 0.6 is 0 Å². The highest BCUT2D eigenvalue weighted by atomic mass is 19.1. The normalized spacial score (nSPS) is 15.2. The average Bonchev–Trinajstić information content (AvgIpc) is 3.15. The first-order valence-corrected chi connectivity index (χ1v) is 9.53. The van der Waals surface area contributed by atoms with E-state index in [2.05, 4.69) is 10.2 Å². The number of hydrogen-bond donors (Lipinski definition) is 1. The highest BCUT2D eigenvalue weighted by molar-refractivity contribution is 6.32. The van der Waals surface area contributed by atoms with Crippen LogP contribution < -0.4 is 10.6 Å². The molecule has 2 heterocycles. The number of nitrogens with one attached hydrogen (secondary N) is 1. The molecule has 0 fully saturated rings. The minimum Gasteiger partial charge on any atom is -0.295 e. The molecule has 0 bridgehead atoms. The van der Waals surface area contributed by atoms with Crippen LogP contribution in [0.4, 0.5) is 10.1 Å². The highest BCUT2D eigenvalue weighted by Crippen LogP contribution is 2.26. The second kappa shape index (κ2) is 7.26. The van der Waals surface area contributed by atoms with Crippen molar-refractivity contribution in [3.63, 3.8) is 0 Å². The molecule has 0 aliphatic carbocycles. The molecule has 6 nitrogen and oxygen atoms in total. The van der Waals surface area contributed by atoms with Gasteiger partial charge in [-0.1, -0.05) is 6.07 Å². The zero-order chi connectivity index (χ0) is 21.6. The summed E-state index contributed by atoms with van der Waals surface area (Å²) in [4.78, 5) is 26.0. The van der Waals surface area contributed by atoms with Crippen LogP contribution in [0.5, 0.6) is 0 Å². The zero-order valence-electron chi connectivity index (χ0n) is 17.2. The van der Waals surface area contributed by atoms with Crippen LogP contribution in [-0.2, 0) is 4.79 Å². The molecule has 1 N–H and O–H groups in total. The van der Waals surface area contributed by atoms with Crippen LogP contribution in [0.25, 0.3) is 11.8 Å². The third-order valence-corrected chi connectivity index (χ3v) is 5.29. The number of halogens is 1. The Morgan fingerprint density at radius 1 is 0.933 bits per heavy atom. The number of hydrogen-bond acceptors (Lipinski definition) is 3. The minimum absolute atomic E-state index is 0.288. The monoisotopic (exact) mass is 404 g/mol. The molecule has 0 saturated carbocycles. The number of H-pyrrole nitrogens is 1. The average molecular weight is 404 g/mol. The molecule has 0 atom stereocenters. The second-order valence-electron chi connectivity index (χ2n) is 7.40. The van der Waals surface area contributed by atoms with Crippen LogP contribution in [0.2, 0.25) is 0 Å². The standard InChI is InChI=1S/C23H21FN4O2/c1-13-5-8-19(11-14(13)2)28-23(30)21(16(4)26-28)12-20-15(3)25-27(22(20)29)18-9-6-17(24)7-10-18/h5-12,25H,1-4H3. The Hall–Kier alpha value is -3.74. The maximum absolute atomic E-state index is 13.2. The van der Waals surface area contributed by atoms with E-state index >= 15 is 0 Å². The molecule has 30 heavy (non-hydrogen) atoms. The highest BCUT2D eigenvalue weighted by Gasteiger charge is 2.29. The van der Waals surface area contributed by atoms with E-state index in [1.54, 1.807) is 19.9 Å². The summed E-state index contributed by atoms with van der Waals surface area (Å²) in [6.07, 6.45) is 1.57. The third kappa shape index (κ3) is 3.28. The van der Waals surface area contributed by atoms with Gasteiger partial charge in [0.15, 0.2) is 0 Å². The van der Waals surface area contributed by atoms with E-state index in [0.717, 1.165) is 11.1 Å². The smallest absolute Gasteiger partial charge is 0.280 e. The summed E-state index contributed by atoms with van der Waals surface area (Å²) < 4.78 is 14.5. The SMILES string of the molecule is CC1=NN(c2ccc(C)c(C)c2)C(=O)C1=Cc1c(C)[nH]n(-c2ccc(F)cc2)c1=O. The predicted molar refractivity (Wildman–Crippen MR) is 116 cm³/mol. The molecule has 3 aromatic rings. The molecular formula is C23H21FN4O2. The topological polar surface area (TPSA) is 70.5 Å². The first-order valence-electron chi connectivity index (χ1n) is 9.53. The number of aryl methyl sites for hydroxylation is 3. The third-order valence-electron chi connectivity index (χ3n) is 5.29. The Bertz CT molecular complexity index is 1280. The molecule has 0 saturated heterocycles.